The van der Waals surface area contributed by atoms with Crippen molar-refractivity contribution in [2.24, 2.45) is 15.9 Å². The van der Waals surface area contributed by atoms with Crippen LogP contribution in [0.5, 0.6) is 0 Å². The van der Waals surface area contributed by atoms with E-state index in [9.17, 15) is 4.39 Å². The Bertz CT molecular complexity index is 659. The van der Waals surface area contributed by atoms with Crippen LogP contribution in [0.4, 0.5) is 4.39 Å². The fourth-order valence-corrected chi connectivity index (χ4v) is 2.52. The normalized spacial score (nSPS) is 12.0. The van der Waals surface area contributed by atoms with E-state index in [0.29, 0.717) is 15.2 Å². The van der Waals surface area contributed by atoms with Crippen LogP contribution in [0.2, 0.25) is 0 Å². The van der Waals surface area contributed by atoms with Crippen LogP contribution in [-0.2, 0) is 5.75 Å². The van der Waals surface area contributed by atoms with Gasteiger partial charge < -0.3 is 5.73 Å². The van der Waals surface area contributed by atoms with Gasteiger partial charge in [0.25, 0.3) is 0 Å². The Balaban J connectivity index is 1.94. The zero-order valence-electron chi connectivity index (χ0n) is 11.0. The van der Waals surface area contributed by atoms with Gasteiger partial charge >= 0.3 is 0 Å². The Kier molecular flexibility index (Phi) is 5.95. The molecule has 0 spiro atoms. The van der Waals surface area contributed by atoms with Crippen molar-refractivity contribution in [3.8, 4) is 0 Å². The van der Waals surface area contributed by atoms with Crippen LogP contribution < -0.4 is 5.73 Å². The molecule has 108 valence electrons. The number of nitrogens with zero attached hydrogens (tertiary/aromatic N) is 2. The molecule has 0 saturated carbocycles. The molecule has 0 aliphatic rings. The monoisotopic (exact) mass is 365 g/mol. The molecule has 0 unspecified atom stereocenters. The molecule has 0 saturated heterocycles. The maximum Gasteiger partial charge on any atom is 0.180 e. The minimum atomic E-state index is -0.369. The van der Waals surface area contributed by atoms with E-state index >= 15 is 0 Å². The van der Waals surface area contributed by atoms with E-state index in [4.69, 9.17) is 5.73 Å². The first-order valence-electron chi connectivity index (χ1n) is 6.14. The van der Waals surface area contributed by atoms with Gasteiger partial charge in [0.15, 0.2) is 5.17 Å². The molecular formula is C15H13BrFN3S. The lowest BCUT2D eigenvalue weighted by Crippen LogP contribution is -2.06. The number of halogens is 2. The van der Waals surface area contributed by atoms with E-state index < -0.39 is 0 Å². The lowest BCUT2D eigenvalue weighted by atomic mass is 10.2. The first-order valence-corrected chi connectivity index (χ1v) is 7.92. The van der Waals surface area contributed by atoms with Crippen molar-refractivity contribution >= 4 is 39.1 Å². The SMILES string of the molecule is NC(=NN=Cc1cccc(Br)c1F)SCc1ccccc1. The first kappa shape index (κ1) is 15.7. The summed E-state index contributed by atoms with van der Waals surface area (Å²) < 4.78 is 14.1. The molecule has 2 rings (SSSR count). The summed E-state index contributed by atoms with van der Waals surface area (Å²) in [6.45, 7) is 0. The van der Waals surface area contributed by atoms with Gasteiger partial charge in [-0.2, -0.15) is 5.10 Å². The summed E-state index contributed by atoms with van der Waals surface area (Å²) in [4.78, 5) is 0. The van der Waals surface area contributed by atoms with Crippen molar-refractivity contribution in [2.45, 2.75) is 5.75 Å². The average Bonchev–Trinajstić information content (AvgIpc) is 2.50. The topological polar surface area (TPSA) is 50.7 Å². The molecule has 0 amide bonds. The predicted octanol–water partition coefficient (Wildman–Crippen LogP) is 4.17. The van der Waals surface area contributed by atoms with Gasteiger partial charge in [0.2, 0.25) is 0 Å². The van der Waals surface area contributed by atoms with Gasteiger partial charge in [0.05, 0.1) is 10.7 Å². The molecule has 6 heteroatoms. The molecule has 0 radical (unpaired) electrons. The molecule has 3 nitrogen and oxygen atoms in total. The number of thioether (sulfide) groups is 1. The number of nitrogens with two attached hydrogens (primary N) is 1. The second-order valence-electron chi connectivity index (χ2n) is 4.10. The van der Waals surface area contributed by atoms with Crippen molar-refractivity contribution in [1.82, 2.24) is 0 Å². The average molecular weight is 366 g/mol. The summed E-state index contributed by atoms with van der Waals surface area (Å²) in [5, 5.41) is 8.00. The number of rotatable bonds is 4. The van der Waals surface area contributed by atoms with Gasteiger partial charge in [0, 0.05) is 11.3 Å². The molecule has 0 heterocycles. The van der Waals surface area contributed by atoms with Gasteiger partial charge in [-0.15, -0.1) is 5.10 Å². The first-order chi connectivity index (χ1) is 10.2. The van der Waals surface area contributed by atoms with E-state index in [2.05, 4.69) is 26.1 Å². The van der Waals surface area contributed by atoms with E-state index in [-0.39, 0.29) is 5.82 Å². The number of benzene rings is 2. The highest BCUT2D eigenvalue weighted by atomic mass is 79.9. The van der Waals surface area contributed by atoms with Crippen LogP contribution in [-0.4, -0.2) is 11.4 Å². The van der Waals surface area contributed by atoms with Crippen molar-refractivity contribution in [3.63, 3.8) is 0 Å². The smallest absolute Gasteiger partial charge is 0.180 e. The quantitative estimate of drug-likeness (QED) is 0.502. The largest absolute Gasteiger partial charge is 0.377 e. The zero-order valence-corrected chi connectivity index (χ0v) is 13.4. The maximum absolute atomic E-state index is 13.7. The van der Waals surface area contributed by atoms with Crippen LogP contribution in [0.25, 0.3) is 0 Å². The van der Waals surface area contributed by atoms with E-state index in [0.717, 1.165) is 11.3 Å². The second-order valence-corrected chi connectivity index (χ2v) is 5.95. The molecule has 21 heavy (non-hydrogen) atoms. The summed E-state index contributed by atoms with van der Waals surface area (Å²) in [5.74, 6) is 0.351. The molecule has 2 N–H and O–H groups in total. The Morgan fingerprint density at radius 1 is 1.19 bits per heavy atom. The molecule has 0 aliphatic carbocycles. The Hall–Kier alpha value is -1.66. The highest BCUT2D eigenvalue weighted by molar-refractivity contribution is 9.10. The van der Waals surface area contributed by atoms with Crippen LogP contribution >= 0.6 is 27.7 Å². The summed E-state index contributed by atoms with van der Waals surface area (Å²) in [6, 6.07) is 14.9. The Morgan fingerprint density at radius 2 is 1.95 bits per heavy atom. The van der Waals surface area contributed by atoms with Crippen LogP contribution in [0.1, 0.15) is 11.1 Å². The minimum absolute atomic E-state index is 0.338. The molecule has 0 fully saturated rings. The standard InChI is InChI=1S/C15H13BrFN3S/c16-13-8-4-7-12(14(13)17)9-19-20-15(18)21-10-11-5-2-1-3-6-11/h1-9H,10H2,(H2,18,20). The number of amidine groups is 1. The zero-order chi connectivity index (χ0) is 15.1. The summed E-state index contributed by atoms with van der Waals surface area (Å²) in [6.07, 6.45) is 1.34. The maximum atomic E-state index is 13.7. The number of hydrogen-bond acceptors (Lipinski definition) is 3. The second kappa shape index (κ2) is 7.95. The van der Waals surface area contributed by atoms with E-state index in [1.807, 2.05) is 30.3 Å². The summed E-state index contributed by atoms with van der Waals surface area (Å²) in [5.41, 5.74) is 7.26. The van der Waals surface area contributed by atoms with Gasteiger partial charge in [-0.3, -0.25) is 0 Å². The fourth-order valence-electron chi connectivity index (χ4n) is 1.53. The Morgan fingerprint density at radius 3 is 2.71 bits per heavy atom. The van der Waals surface area contributed by atoms with Crippen molar-refractivity contribution in [2.75, 3.05) is 0 Å². The molecular weight excluding hydrogens is 353 g/mol. The third-order valence-corrected chi connectivity index (χ3v) is 4.03. The van der Waals surface area contributed by atoms with Crippen LogP contribution in [0.3, 0.4) is 0 Å². The molecule has 2 aromatic rings. The van der Waals surface area contributed by atoms with E-state index in [1.165, 1.54) is 18.0 Å². The molecule has 2 aromatic carbocycles. The fraction of sp³-hybridized carbons (Fsp3) is 0.0667. The number of hydrogen-bond donors (Lipinski definition) is 1. The molecule has 0 bridgehead atoms. The predicted molar refractivity (Wildman–Crippen MR) is 91.1 cm³/mol. The molecule has 0 atom stereocenters. The van der Waals surface area contributed by atoms with Crippen molar-refractivity contribution in [3.05, 3.63) is 69.9 Å². The molecule has 0 aliphatic heterocycles. The highest BCUT2D eigenvalue weighted by Gasteiger charge is 2.02. The van der Waals surface area contributed by atoms with Gasteiger partial charge in [-0.25, -0.2) is 4.39 Å². The third-order valence-electron chi connectivity index (χ3n) is 2.56. The lowest BCUT2D eigenvalue weighted by molar-refractivity contribution is 0.619. The minimum Gasteiger partial charge on any atom is -0.377 e. The summed E-state index contributed by atoms with van der Waals surface area (Å²) in [7, 11) is 0. The molecule has 0 aromatic heterocycles. The van der Waals surface area contributed by atoms with Crippen LogP contribution in [0, 0.1) is 5.82 Å². The lowest BCUT2D eigenvalue weighted by Gasteiger charge is -1.99. The van der Waals surface area contributed by atoms with Crippen molar-refractivity contribution in [1.29, 1.82) is 0 Å². The Labute approximate surface area is 135 Å². The third kappa shape index (κ3) is 4.99. The van der Waals surface area contributed by atoms with Gasteiger partial charge in [0.1, 0.15) is 5.82 Å². The van der Waals surface area contributed by atoms with E-state index in [1.54, 1.807) is 18.2 Å². The summed E-state index contributed by atoms with van der Waals surface area (Å²) >= 11 is 4.50. The van der Waals surface area contributed by atoms with Crippen molar-refractivity contribution < 1.29 is 4.39 Å². The van der Waals surface area contributed by atoms with Crippen LogP contribution in [0.15, 0.2) is 63.2 Å². The van der Waals surface area contributed by atoms with Gasteiger partial charge in [-0.05, 0) is 27.6 Å². The highest BCUT2D eigenvalue weighted by Crippen LogP contribution is 2.17. The van der Waals surface area contributed by atoms with Gasteiger partial charge in [-0.1, -0.05) is 54.2 Å².